The first kappa shape index (κ1) is 19.0. The summed E-state index contributed by atoms with van der Waals surface area (Å²) in [5.74, 6) is 0.489. The average molecular weight is 455 g/mol. The normalized spacial score (nSPS) is 17.9. The number of rotatable bonds is 4. The summed E-state index contributed by atoms with van der Waals surface area (Å²) in [6, 6.07) is 14.1. The van der Waals surface area contributed by atoms with Gasteiger partial charge in [-0.05, 0) is 35.7 Å². The number of amides is 1. The molecule has 2 aliphatic heterocycles. The molecule has 0 radical (unpaired) electrons. The minimum atomic E-state index is -0.389. The quantitative estimate of drug-likeness (QED) is 0.722. The van der Waals surface area contributed by atoms with E-state index in [0.29, 0.717) is 16.6 Å². The third-order valence-corrected chi connectivity index (χ3v) is 5.95. The van der Waals surface area contributed by atoms with Gasteiger partial charge in [-0.2, -0.15) is 0 Å². The number of aryl methyl sites for hydroxylation is 1. The monoisotopic (exact) mass is 454 g/mol. The van der Waals surface area contributed by atoms with E-state index in [4.69, 9.17) is 10.1 Å². The summed E-state index contributed by atoms with van der Waals surface area (Å²) in [6.45, 7) is 5.86. The molecule has 0 spiro atoms. The van der Waals surface area contributed by atoms with Crippen LogP contribution in [-0.2, 0) is 11.2 Å². The highest BCUT2D eigenvalue weighted by atomic mass is 79.9. The van der Waals surface area contributed by atoms with Crippen molar-refractivity contribution in [2.24, 2.45) is 10.1 Å². The van der Waals surface area contributed by atoms with E-state index in [1.165, 1.54) is 17.3 Å². The molecule has 0 fully saturated rings. The van der Waals surface area contributed by atoms with Crippen molar-refractivity contribution in [1.29, 1.82) is 0 Å². The number of nitrogens with one attached hydrogen (secondary N) is 1. The van der Waals surface area contributed by atoms with Gasteiger partial charge >= 0.3 is 0 Å². The Morgan fingerprint density at radius 2 is 2.07 bits per heavy atom. The summed E-state index contributed by atoms with van der Waals surface area (Å²) in [5, 5.41) is 11.4. The molecule has 0 bridgehead atoms. The van der Waals surface area contributed by atoms with Crippen LogP contribution in [0.1, 0.15) is 24.2 Å². The van der Waals surface area contributed by atoms with E-state index in [0.717, 1.165) is 27.0 Å². The zero-order valence-electron chi connectivity index (χ0n) is 15.4. The van der Waals surface area contributed by atoms with Crippen molar-refractivity contribution in [2.75, 3.05) is 5.75 Å². The number of hydrogen-bond acceptors (Lipinski definition) is 5. The number of hydrogen-bond donors (Lipinski definition) is 1. The van der Waals surface area contributed by atoms with Crippen molar-refractivity contribution < 1.29 is 4.79 Å². The second-order valence-corrected chi connectivity index (χ2v) is 8.34. The molecule has 4 rings (SSSR count). The minimum Gasteiger partial charge on any atom is -0.298 e. The van der Waals surface area contributed by atoms with Gasteiger partial charge in [0, 0.05) is 15.4 Å². The summed E-state index contributed by atoms with van der Waals surface area (Å²) < 4.78 is 0.892. The van der Waals surface area contributed by atoms with Gasteiger partial charge in [-0.25, -0.2) is 5.01 Å². The fourth-order valence-corrected chi connectivity index (χ4v) is 4.14. The largest absolute Gasteiger partial charge is 0.298 e. The van der Waals surface area contributed by atoms with Crippen LogP contribution < -0.4 is 15.9 Å². The Labute approximate surface area is 176 Å². The molecular weight excluding hydrogens is 436 g/mol. The molecule has 0 saturated heterocycles. The topological polar surface area (TPSA) is 57.1 Å². The first-order chi connectivity index (χ1) is 13.6. The van der Waals surface area contributed by atoms with Crippen LogP contribution in [0.2, 0.25) is 0 Å². The first-order valence-electron chi connectivity index (χ1n) is 9.00. The Morgan fingerprint density at radius 1 is 1.29 bits per heavy atom. The zero-order valence-corrected chi connectivity index (χ0v) is 17.8. The Hall–Kier alpha value is -2.38. The lowest BCUT2D eigenvalue weighted by Gasteiger charge is -2.34. The number of halogens is 1. The fraction of sp³-hybridized carbons (Fsp3) is 0.190. The third-order valence-electron chi connectivity index (χ3n) is 4.59. The van der Waals surface area contributed by atoms with Gasteiger partial charge < -0.3 is 0 Å². The van der Waals surface area contributed by atoms with Gasteiger partial charge in [0.05, 0.1) is 5.36 Å². The van der Waals surface area contributed by atoms with Gasteiger partial charge in [0.2, 0.25) is 0 Å². The minimum absolute atomic E-state index is 0.175. The molecule has 0 aliphatic carbocycles. The SMILES string of the molecule is C=CCSC1=NN2C(=c3cc(Br)ccc3=NC2c2ccc(CC)cc2)C(=O)N1. The van der Waals surface area contributed by atoms with Gasteiger partial charge in [-0.1, -0.05) is 65.0 Å². The van der Waals surface area contributed by atoms with Crippen molar-refractivity contribution in [3.63, 3.8) is 0 Å². The molecule has 28 heavy (non-hydrogen) atoms. The third kappa shape index (κ3) is 3.52. The molecule has 2 aromatic rings. The van der Waals surface area contributed by atoms with Crippen LogP contribution in [0, 0.1) is 0 Å². The molecule has 0 aromatic heterocycles. The molecule has 2 aromatic carbocycles. The van der Waals surface area contributed by atoms with E-state index in [1.807, 2.05) is 18.2 Å². The predicted molar refractivity (Wildman–Crippen MR) is 117 cm³/mol. The molecule has 2 aliphatic rings. The number of fused-ring (bicyclic) bond motifs is 2. The van der Waals surface area contributed by atoms with E-state index in [2.05, 4.69) is 59.0 Å². The number of hydrazone groups is 1. The number of benzene rings is 2. The highest BCUT2D eigenvalue weighted by molar-refractivity contribution is 9.10. The second kappa shape index (κ2) is 7.93. The molecule has 2 heterocycles. The first-order valence-corrected chi connectivity index (χ1v) is 10.8. The van der Waals surface area contributed by atoms with Gasteiger partial charge in [0.1, 0.15) is 5.70 Å². The lowest BCUT2D eigenvalue weighted by Crippen LogP contribution is -2.50. The number of thioether (sulfide) groups is 1. The van der Waals surface area contributed by atoms with Crippen LogP contribution in [0.15, 0.2) is 69.7 Å². The van der Waals surface area contributed by atoms with Gasteiger partial charge in [-0.3, -0.25) is 15.1 Å². The zero-order chi connectivity index (χ0) is 19.7. The number of amidine groups is 1. The van der Waals surface area contributed by atoms with Crippen molar-refractivity contribution in [1.82, 2.24) is 10.3 Å². The molecule has 0 saturated carbocycles. The lowest BCUT2D eigenvalue weighted by atomic mass is 10.1. The smallest absolute Gasteiger partial charge is 0.276 e. The number of carbonyl (C=O) groups excluding carboxylic acids is 1. The van der Waals surface area contributed by atoms with Gasteiger partial charge in [0.25, 0.3) is 5.91 Å². The molecule has 7 heteroatoms. The van der Waals surface area contributed by atoms with Crippen LogP contribution in [-0.4, -0.2) is 21.8 Å². The Morgan fingerprint density at radius 3 is 2.79 bits per heavy atom. The lowest BCUT2D eigenvalue weighted by molar-refractivity contribution is -0.116. The fourth-order valence-electron chi connectivity index (χ4n) is 3.20. The van der Waals surface area contributed by atoms with Crippen molar-refractivity contribution in [3.05, 3.63) is 81.3 Å². The Kier molecular flexibility index (Phi) is 5.37. The van der Waals surface area contributed by atoms with E-state index in [9.17, 15) is 4.79 Å². The summed E-state index contributed by atoms with van der Waals surface area (Å²) in [4.78, 5) is 17.9. The van der Waals surface area contributed by atoms with Crippen LogP contribution in [0.25, 0.3) is 5.70 Å². The Balaban J connectivity index is 1.89. The predicted octanol–water partition coefficient (Wildman–Crippen LogP) is 3.07. The van der Waals surface area contributed by atoms with Crippen LogP contribution in [0.3, 0.4) is 0 Å². The second-order valence-electron chi connectivity index (χ2n) is 6.41. The van der Waals surface area contributed by atoms with Gasteiger partial charge in [0.15, 0.2) is 11.3 Å². The molecule has 142 valence electrons. The van der Waals surface area contributed by atoms with E-state index in [1.54, 1.807) is 11.1 Å². The van der Waals surface area contributed by atoms with Crippen molar-refractivity contribution in [3.8, 4) is 0 Å². The summed E-state index contributed by atoms with van der Waals surface area (Å²) in [5.41, 5.74) is 2.77. The van der Waals surface area contributed by atoms with Crippen molar-refractivity contribution in [2.45, 2.75) is 19.5 Å². The van der Waals surface area contributed by atoms with Crippen molar-refractivity contribution >= 4 is 44.5 Å². The number of carbonyl (C=O) groups is 1. The average Bonchev–Trinajstić information content (AvgIpc) is 2.71. The molecular formula is C21H19BrN4OS. The van der Waals surface area contributed by atoms with E-state index < -0.39 is 0 Å². The molecule has 1 unspecified atom stereocenters. The summed E-state index contributed by atoms with van der Waals surface area (Å²) in [6.07, 6.45) is 2.37. The van der Waals surface area contributed by atoms with Crippen LogP contribution in [0.4, 0.5) is 0 Å². The summed E-state index contributed by atoms with van der Waals surface area (Å²) >= 11 is 4.93. The standard InChI is InChI=1S/C21H19BrN4OS/c1-3-11-28-21-24-20(27)18-16-12-15(22)9-10-17(16)23-19(26(18)25-21)14-7-5-13(4-2)6-8-14/h3,5-10,12,19H,1,4,11H2,2H3,(H,24,25,27). The summed E-state index contributed by atoms with van der Waals surface area (Å²) in [7, 11) is 0. The highest BCUT2D eigenvalue weighted by Crippen LogP contribution is 2.31. The Bertz CT molecular complexity index is 1090. The van der Waals surface area contributed by atoms with Crippen LogP contribution in [0.5, 0.6) is 0 Å². The maximum absolute atomic E-state index is 13.0. The highest BCUT2D eigenvalue weighted by Gasteiger charge is 2.34. The van der Waals surface area contributed by atoms with E-state index >= 15 is 0 Å². The van der Waals surface area contributed by atoms with Crippen LogP contribution >= 0.6 is 27.7 Å². The number of nitrogens with zero attached hydrogens (tertiary/aromatic N) is 3. The van der Waals surface area contributed by atoms with E-state index in [-0.39, 0.29) is 12.1 Å². The molecule has 1 N–H and O–H groups in total. The van der Waals surface area contributed by atoms with Gasteiger partial charge in [-0.15, -0.1) is 11.7 Å². The maximum Gasteiger partial charge on any atom is 0.276 e. The molecule has 5 nitrogen and oxygen atoms in total. The molecule has 1 amide bonds. The maximum atomic E-state index is 13.0. The molecule has 1 atom stereocenters.